The number of hydrogen-bond acceptors (Lipinski definition) is 3. The molecule has 2 aromatic carbocycles. The zero-order chi connectivity index (χ0) is 16.9. The van der Waals surface area contributed by atoms with Crippen LogP contribution in [-0.4, -0.2) is 42.1 Å². The maximum Gasteiger partial charge on any atom is 0.256 e. The van der Waals surface area contributed by atoms with Gasteiger partial charge in [-0.1, -0.05) is 48.5 Å². The summed E-state index contributed by atoms with van der Waals surface area (Å²) in [7, 11) is 0. The second-order valence-corrected chi connectivity index (χ2v) is 6.27. The van der Waals surface area contributed by atoms with Gasteiger partial charge in [-0.25, -0.2) is 0 Å². The first-order valence-electron chi connectivity index (χ1n) is 8.49. The summed E-state index contributed by atoms with van der Waals surface area (Å²) >= 11 is 0. The third-order valence-corrected chi connectivity index (χ3v) is 4.61. The smallest absolute Gasteiger partial charge is 0.256 e. The predicted octanol–water partition coefficient (Wildman–Crippen LogP) is 2.77. The summed E-state index contributed by atoms with van der Waals surface area (Å²) in [6.45, 7) is 5.15. The van der Waals surface area contributed by atoms with E-state index in [9.17, 15) is 9.90 Å². The molecule has 0 saturated carbocycles. The van der Waals surface area contributed by atoms with E-state index in [1.54, 1.807) is 17.0 Å². The molecule has 1 aliphatic heterocycles. The molecule has 0 spiro atoms. The van der Waals surface area contributed by atoms with Gasteiger partial charge in [-0.2, -0.15) is 0 Å². The minimum Gasteiger partial charge on any atom is -0.378 e. The summed E-state index contributed by atoms with van der Waals surface area (Å²) in [6, 6.07) is 17.5. The van der Waals surface area contributed by atoms with Gasteiger partial charge in [0, 0.05) is 31.9 Å². The Bertz CT molecular complexity index is 687. The average molecular weight is 324 g/mol. The zero-order valence-electron chi connectivity index (χ0n) is 14.1. The second-order valence-electron chi connectivity index (χ2n) is 6.27. The van der Waals surface area contributed by atoms with Crippen LogP contribution in [0.2, 0.25) is 0 Å². The highest BCUT2D eigenvalue weighted by atomic mass is 16.3. The van der Waals surface area contributed by atoms with Gasteiger partial charge in [0.2, 0.25) is 0 Å². The van der Waals surface area contributed by atoms with Gasteiger partial charge in [0.25, 0.3) is 5.91 Å². The summed E-state index contributed by atoms with van der Waals surface area (Å²) in [4.78, 5) is 16.7. The molecule has 0 aliphatic carbocycles. The molecular formula is C20H24N2O2. The monoisotopic (exact) mass is 324 g/mol. The van der Waals surface area contributed by atoms with Gasteiger partial charge in [-0.15, -0.1) is 0 Å². The van der Waals surface area contributed by atoms with Crippen LogP contribution in [0.25, 0.3) is 0 Å². The first-order valence-corrected chi connectivity index (χ1v) is 8.49. The van der Waals surface area contributed by atoms with Crippen molar-refractivity contribution < 1.29 is 9.90 Å². The van der Waals surface area contributed by atoms with Gasteiger partial charge in [0.1, 0.15) is 0 Å². The van der Waals surface area contributed by atoms with E-state index in [2.05, 4.69) is 30.0 Å². The van der Waals surface area contributed by atoms with Crippen LogP contribution in [0.4, 0.5) is 5.69 Å². The van der Waals surface area contributed by atoms with Gasteiger partial charge in [-0.05, 0) is 30.5 Å². The van der Waals surface area contributed by atoms with Crippen molar-refractivity contribution in [2.24, 2.45) is 0 Å². The Labute approximate surface area is 143 Å². The Kier molecular flexibility index (Phi) is 5.16. The lowest BCUT2D eigenvalue weighted by molar-refractivity contribution is -0.140. The molecule has 1 aliphatic rings. The SMILES string of the molecule is Cc1ccccc1N1CCCN(C(=O)[C@@H](O)c2ccccc2)CC1. The summed E-state index contributed by atoms with van der Waals surface area (Å²) in [6.07, 6.45) is -0.169. The summed E-state index contributed by atoms with van der Waals surface area (Å²) in [5.41, 5.74) is 3.14. The van der Waals surface area contributed by atoms with Crippen LogP contribution in [0.1, 0.15) is 23.7 Å². The quantitative estimate of drug-likeness (QED) is 0.944. The Hall–Kier alpha value is -2.33. The van der Waals surface area contributed by atoms with Crippen LogP contribution in [-0.2, 0) is 4.79 Å². The molecule has 0 radical (unpaired) electrons. The lowest BCUT2D eigenvalue weighted by Gasteiger charge is -2.26. The minimum atomic E-state index is -1.07. The summed E-state index contributed by atoms with van der Waals surface area (Å²) in [5.74, 6) is -0.201. The van der Waals surface area contributed by atoms with Crippen LogP contribution in [0.3, 0.4) is 0 Å². The number of aliphatic hydroxyl groups is 1. The topological polar surface area (TPSA) is 43.8 Å². The summed E-state index contributed by atoms with van der Waals surface area (Å²) in [5, 5.41) is 10.4. The normalized spacial score (nSPS) is 16.6. The van der Waals surface area contributed by atoms with Crippen LogP contribution in [0.5, 0.6) is 0 Å². The molecule has 1 saturated heterocycles. The number of anilines is 1. The Morgan fingerprint density at radius 2 is 1.67 bits per heavy atom. The standard InChI is InChI=1S/C20H24N2O2/c1-16-8-5-6-11-18(16)21-12-7-13-22(15-14-21)20(24)19(23)17-9-3-2-4-10-17/h2-6,8-11,19,23H,7,12-15H2,1H3/t19-/m0/s1. The number of aliphatic hydroxyl groups excluding tert-OH is 1. The van der Waals surface area contributed by atoms with Crippen molar-refractivity contribution in [3.63, 3.8) is 0 Å². The van der Waals surface area contributed by atoms with Gasteiger partial charge >= 0.3 is 0 Å². The average Bonchev–Trinajstić information content (AvgIpc) is 2.88. The number of carbonyl (C=O) groups is 1. The number of amides is 1. The van der Waals surface area contributed by atoms with Crippen molar-refractivity contribution in [1.82, 2.24) is 4.90 Å². The number of nitrogens with zero attached hydrogens (tertiary/aromatic N) is 2. The van der Waals surface area contributed by atoms with E-state index in [0.717, 1.165) is 19.5 Å². The highest BCUT2D eigenvalue weighted by molar-refractivity contribution is 5.82. The highest BCUT2D eigenvalue weighted by Crippen LogP contribution is 2.22. The molecule has 0 unspecified atom stereocenters. The fraction of sp³-hybridized carbons (Fsp3) is 0.350. The maximum atomic E-state index is 12.6. The molecule has 126 valence electrons. The molecule has 4 heteroatoms. The Morgan fingerprint density at radius 1 is 0.958 bits per heavy atom. The second kappa shape index (κ2) is 7.49. The first-order chi connectivity index (χ1) is 11.7. The Morgan fingerprint density at radius 3 is 2.42 bits per heavy atom. The number of aryl methyl sites for hydroxylation is 1. The highest BCUT2D eigenvalue weighted by Gasteiger charge is 2.26. The molecule has 1 heterocycles. The molecule has 0 aromatic heterocycles. The van der Waals surface area contributed by atoms with Crippen molar-refractivity contribution in [3.8, 4) is 0 Å². The van der Waals surface area contributed by atoms with Crippen LogP contribution in [0, 0.1) is 6.92 Å². The molecule has 4 nitrogen and oxygen atoms in total. The number of rotatable bonds is 3. The number of carbonyl (C=O) groups excluding carboxylic acids is 1. The fourth-order valence-electron chi connectivity index (χ4n) is 3.25. The third-order valence-electron chi connectivity index (χ3n) is 4.61. The lowest BCUT2D eigenvalue weighted by atomic mass is 10.1. The van der Waals surface area contributed by atoms with Crippen LogP contribution in [0.15, 0.2) is 54.6 Å². The third kappa shape index (κ3) is 3.60. The molecule has 1 amide bonds. The van der Waals surface area contributed by atoms with Gasteiger partial charge in [0.15, 0.2) is 6.10 Å². The van der Waals surface area contributed by atoms with Crippen LogP contribution >= 0.6 is 0 Å². The van der Waals surface area contributed by atoms with Gasteiger partial charge in [0.05, 0.1) is 0 Å². The van der Waals surface area contributed by atoms with E-state index >= 15 is 0 Å². The largest absolute Gasteiger partial charge is 0.378 e. The molecule has 1 N–H and O–H groups in total. The number of hydrogen-bond donors (Lipinski definition) is 1. The van der Waals surface area contributed by atoms with Crippen molar-refractivity contribution in [2.45, 2.75) is 19.4 Å². The summed E-state index contributed by atoms with van der Waals surface area (Å²) < 4.78 is 0. The van der Waals surface area contributed by atoms with Crippen molar-refractivity contribution in [2.75, 3.05) is 31.1 Å². The maximum absolute atomic E-state index is 12.6. The van der Waals surface area contributed by atoms with E-state index < -0.39 is 6.10 Å². The molecule has 2 aromatic rings. The number of benzene rings is 2. The van der Waals surface area contributed by atoms with E-state index in [-0.39, 0.29) is 5.91 Å². The molecular weight excluding hydrogens is 300 g/mol. The molecule has 0 bridgehead atoms. The molecule has 1 atom stereocenters. The Balaban J connectivity index is 1.67. The zero-order valence-corrected chi connectivity index (χ0v) is 14.1. The molecule has 24 heavy (non-hydrogen) atoms. The van der Waals surface area contributed by atoms with E-state index in [1.807, 2.05) is 24.3 Å². The van der Waals surface area contributed by atoms with Gasteiger partial charge in [-0.3, -0.25) is 4.79 Å². The van der Waals surface area contributed by atoms with Crippen molar-refractivity contribution in [1.29, 1.82) is 0 Å². The molecule has 3 rings (SSSR count). The first kappa shape index (κ1) is 16.5. The lowest BCUT2D eigenvalue weighted by Crippen LogP contribution is -2.38. The van der Waals surface area contributed by atoms with Crippen molar-refractivity contribution >= 4 is 11.6 Å². The molecule has 1 fully saturated rings. The van der Waals surface area contributed by atoms with Crippen molar-refractivity contribution in [3.05, 3.63) is 65.7 Å². The predicted molar refractivity (Wildman–Crippen MR) is 96.0 cm³/mol. The van der Waals surface area contributed by atoms with E-state index in [0.29, 0.717) is 18.7 Å². The van der Waals surface area contributed by atoms with E-state index in [1.165, 1.54) is 11.3 Å². The van der Waals surface area contributed by atoms with Crippen LogP contribution < -0.4 is 4.90 Å². The van der Waals surface area contributed by atoms with E-state index in [4.69, 9.17) is 0 Å². The minimum absolute atomic E-state index is 0.201. The number of para-hydroxylation sites is 1. The fourth-order valence-corrected chi connectivity index (χ4v) is 3.25. The van der Waals surface area contributed by atoms with Gasteiger partial charge < -0.3 is 14.9 Å².